The van der Waals surface area contributed by atoms with Gasteiger partial charge in [-0.15, -0.1) is 0 Å². The lowest BCUT2D eigenvalue weighted by atomic mass is 10.1. The van der Waals surface area contributed by atoms with E-state index < -0.39 is 24.9 Å². The number of halogens is 2. The Morgan fingerprint density at radius 2 is 2.10 bits per heavy atom. The summed E-state index contributed by atoms with van der Waals surface area (Å²) in [6.07, 6.45) is 2.15. The summed E-state index contributed by atoms with van der Waals surface area (Å²) in [5.41, 5.74) is 5.87. The average Bonchev–Trinajstić information content (AvgIpc) is 3.13. The van der Waals surface area contributed by atoms with Crippen LogP contribution in [0, 0.1) is 0 Å². The van der Waals surface area contributed by atoms with Crippen molar-refractivity contribution in [3.05, 3.63) is 17.5 Å². The van der Waals surface area contributed by atoms with Gasteiger partial charge in [0.15, 0.2) is 0 Å². The van der Waals surface area contributed by atoms with Crippen molar-refractivity contribution in [2.45, 2.75) is 51.0 Å². The first-order valence-electron chi connectivity index (χ1n) is 7.10. The van der Waals surface area contributed by atoms with E-state index in [0.29, 0.717) is 5.92 Å². The van der Waals surface area contributed by atoms with Crippen molar-refractivity contribution in [2.24, 2.45) is 5.73 Å². The Labute approximate surface area is 122 Å². The third-order valence-corrected chi connectivity index (χ3v) is 3.41. The van der Waals surface area contributed by atoms with E-state index in [0.717, 1.165) is 18.5 Å². The van der Waals surface area contributed by atoms with Gasteiger partial charge >= 0.3 is 0 Å². The summed E-state index contributed by atoms with van der Waals surface area (Å²) >= 11 is 0. The van der Waals surface area contributed by atoms with Crippen LogP contribution < -0.4 is 11.1 Å². The van der Waals surface area contributed by atoms with Crippen LogP contribution >= 0.6 is 0 Å². The lowest BCUT2D eigenvalue weighted by Gasteiger charge is -2.22. The predicted molar refractivity (Wildman–Crippen MR) is 75.5 cm³/mol. The topological polar surface area (TPSA) is 72.9 Å². The first kappa shape index (κ1) is 15.9. The molecule has 0 aliphatic heterocycles. The van der Waals surface area contributed by atoms with Crippen molar-refractivity contribution < 1.29 is 13.6 Å². The highest BCUT2D eigenvalue weighted by Gasteiger charge is 2.33. The van der Waals surface area contributed by atoms with Gasteiger partial charge in [-0.3, -0.25) is 9.48 Å². The minimum atomic E-state index is -3.10. The molecular weight excluding hydrogens is 278 g/mol. The third-order valence-electron chi connectivity index (χ3n) is 3.41. The second kappa shape index (κ2) is 5.36. The molecule has 1 saturated carbocycles. The third kappa shape index (κ3) is 3.78. The van der Waals surface area contributed by atoms with Gasteiger partial charge in [-0.05, 0) is 39.7 Å². The molecule has 0 atom stereocenters. The fourth-order valence-electron chi connectivity index (χ4n) is 2.09. The summed E-state index contributed by atoms with van der Waals surface area (Å²) in [5.74, 6) is -3.27. The number of nitrogens with two attached hydrogens (primary N) is 1. The highest BCUT2D eigenvalue weighted by molar-refractivity contribution is 5.92. The number of amides is 1. The molecule has 1 aliphatic rings. The molecule has 1 heterocycles. The van der Waals surface area contributed by atoms with Crippen LogP contribution in [0.15, 0.2) is 6.07 Å². The predicted octanol–water partition coefficient (Wildman–Crippen LogP) is 1.84. The van der Waals surface area contributed by atoms with Crippen molar-refractivity contribution in [1.82, 2.24) is 15.1 Å². The quantitative estimate of drug-likeness (QED) is 0.871. The van der Waals surface area contributed by atoms with Gasteiger partial charge in [0.2, 0.25) is 0 Å². The van der Waals surface area contributed by atoms with Crippen molar-refractivity contribution in [1.29, 1.82) is 0 Å². The van der Waals surface area contributed by atoms with Gasteiger partial charge in [0.25, 0.3) is 11.8 Å². The molecule has 1 fully saturated rings. The Morgan fingerprint density at radius 3 is 2.57 bits per heavy atom. The number of nitrogens with zero attached hydrogens (tertiary/aromatic N) is 2. The highest BCUT2D eigenvalue weighted by Crippen LogP contribution is 2.41. The van der Waals surface area contributed by atoms with Gasteiger partial charge < -0.3 is 11.1 Å². The van der Waals surface area contributed by atoms with Gasteiger partial charge in [0.1, 0.15) is 5.69 Å². The molecule has 1 aromatic heterocycles. The van der Waals surface area contributed by atoms with E-state index in [1.165, 1.54) is 0 Å². The summed E-state index contributed by atoms with van der Waals surface area (Å²) in [5, 5.41) is 6.49. The van der Waals surface area contributed by atoms with Crippen LogP contribution in [-0.4, -0.2) is 34.7 Å². The van der Waals surface area contributed by atoms with E-state index in [1.807, 2.05) is 25.5 Å². The van der Waals surface area contributed by atoms with Crippen LogP contribution in [0.25, 0.3) is 0 Å². The molecule has 118 valence electrons. The zero-order valence-corrected chi connectivity index (χ0v) is 12.6. The van der Waals surface area contributed by atoms with Gasteiger partial charge in [-0.1, -0.05) is 0 Å². The second-order valence-corrected chi connectivity index (χ2v) is 6.55. The van der Waals surface area contributed by atoms with Crippen molar-refractivity contribution in [3.8, 4) is 0 Å². The number of carbonyl (C=O) groups excluding carboxylic acids is 1. The van der Waals surface area contributed by atoms with Crippen molar-refractivity contribution >= 4 is 5.91 Å². The summed E-state index contributed by atoms with van der Waals surface area (Å²) in [4.78, 5) is 12.0. The summed E-state index contributed by atoms with van der Waals surface area (Å²) in [6.45, 7) is 4.42. The SMILES string of the molecule is CC(C)(C)n1nc(C(=O)NCC(F)(F)CN)cc1C1CC1. The normalized spacial score (nSPS) is 16.1. The van der Waals surface area contributed by atoms with Gasteiger partial charge in [0.05, 0.1) is 18.6 Å². The summed E-state index contributed by atoms with van der Waals surface area (Å²) in [6, 6.07) is 1.71. The largest absolute Gasteiger partial charge is 0.345 e. The second-order valence-electron chi connectivity index (χ2n) is 6.55. The number of carbonyl (C=O) groups is 1. The first-order valence-corrected chi connectivity index (χ1v) is 7.10. The molecule has 2 rings (SSSR count). The highest BCUT2D eigenvalue weighted by atomic mass is 19.3. The van der Waals surface area contributed by atoms with Crippen molar-refractivity contribution in [3.63, 3.8) is 0 Å². The summed E-state index contributed by atoms with van der Waals surface area (Å²) < 4.78 is 28.0. The molecule has 0 radical (unpaired) electrons. The van der Waals surface area contributed by atoms with E-state index in [4.69, 9.17) is 5.73 Å². The van der Waals surface area contributed by atoms with Crippen LogP contribution in [0.3, 0.4) is 0 Å². The Kier molecular flexibility index (Phi) is 4.06. The van der Waals surface area contributed by atoms with E-state index in [9.17, 15) is 13.6 Å². The lowest BCUT2D eigenvalue weighted by molar-refractivity contribution is 0.0118. The molecule has 0 saturated heterocycles. The first-order chi connectivity index (χ1) is 9.64. The van der Waals surface area contributed by atoms with Crippen LogP contribution in [0.5, 0.6) is 0 Å². The molecule has 1 amide bonds. The Morgan fingerprint density at radius 1 is 1.48 bits per heavy atom. The fraction of sp³-hybridized carbons (Fsp3) is 0.714. The van der Waals surface area contributed by atoms with E-state index in [1.54, 1.807) is 6.07 Å². The molecular formula is C14H22F2N4O. The molecule has 0 spiro atoms. The number of hydrogen-bond donors (Lipinski definition) is 2. The number of aromatic nitrogens is 2. The summed E-state index contributed by atoms with van der Waals surface area (Å²) in [7, 11) is 0. The maximum Gasteiger partial charge on any atom is 0.277 e. The monoisotopic (exact) mass is 300 g/mol. The van der Waals surface area contributed by atoms with E-state index in [2.05, 4.69) is 10.4 Å². The van der Waals surface area contributed by atoms with E-state index in [-0.39, 0.29) is 11.2 Å². The van der Waals surface area contributed by atoms with E-state index >= 15 is 0 Å². The average molecular weight is 300 g/mol. The smallest absolute Gasteiger partial charge is 0.277 e. The molecule has 1 aliphatic carbocycles. The van der Waals surface area contributed by atoms with Gasteiger partial charge in [0, 0.05) is 11.6 Å². The minimum absolute atomic E-state index is 0.180. The zero-order valence-electron chi connectivity index (χ0n) is 12.6. The molecule has 0 aromatic carbocycles. The number of nitrogens with one attached hydrogen (secondary N) is 1. The van der Waals surface area contributed by atoms with Crippen LogP contribution in [0.2, 0.25) is 0 Å². The molecule has 3 N–H and O–H groups in total. The number of rotatable bonds is 5. The van der Waals surface area contributed by atoms with Crippen LogP contribution in [0.4, 0.5) is 8.78 Å². The molecule has 21 heavy (non-hydrogen) atoms. The lowest BCUT2D eigenvalue weighted by Crippen LogP contribution is -2.41. The maximum atomic E-state index is 13.1. The Hall–Kier alpha value is -1.50. The van der Waals surface area contributed by atoms with Crippen LogP contribution in [0.1, 0.15) is 55.7 Å². The van der Waals surface area contributed by atoms with Crippen molar-refractivity contribution in [2.75, 3.05) is 13.1 Å². The standard InChI is InChI=1S/C14H22F2N4O/c1-13(2,3)20-11(9-4-5-9)6-10(19-20)12(21)18-8-14(15,16)7-17/h6,9H,4-5,7-8,17H2,1-3H3,(H,18,21). The number of hydrogen-bond acceptors (Lipinski definition) is 3. The molecule has 1 aromatic rings. The molecule has 5 nitrogen and oxygen atoms in total. The van der Waals surface area contributed by atoms with Gasteiger partial charge in [-0.25, -0.2) is 8.78 Å². The maximum absolute atomic E-state index is 13.1. The Balaban J connectivity index is 2.15. The molecule has 7 heteroatoms. The van der Waals surface area contributed by atoms with Crippen LogP contribution in [-0.2, 0) is 5.54 Å². The molecule has 0 unspecified atom stereocenters. The Bertz CT molecular complexity index is 530. The van der Waals surface area contributed by atoms with Gasteiger partial charge in [-0.2, -0.15) is 5.10 Å². The molecule has 0 bridgehead atoms. The minimum Gasteiger partial charge on any atom is -0.345 e. The number of alkyl halides is 2. The fourth-order valence-corrected chi connectivity index (χ4v) is 2.09. The zero-order chi connectivity index (χ0) is 15.8.